The van der Waals surface area contributed by atoms with Crippen molar-refractivity contribution < 1.29 is 4.79 Å². The first-order valence-corrected chi connectivity index (χ1v) is 8.62. The van der Waals surface area contributed by atoms with E-state index in [1.807, 2.05) is 17.0 Å². The molecule has 0 atom stereocenters. The van der Waals surface area contributed by atoms with E-state index >= 15 is 0 Å². The lowest BCUT2D eigenvalue weighted by molar-refractivity contribution is 0.0691. The molecule has 1 aromatic carbocycles. The van der Waals surface area contributed by atoms with Gasteiger partial charge in [0, 0.05) is 30.7 Å². The third-order valence-corrected chi connectivity index (χ3v) is 4.72. The van der Waals surface area contributed by atoms with Crippen LogP contribution < -0.4 is 5.32 Å². The van der Waals surface area contributed by atoms with Crippen LogP contribution in [0.5, 0.6) is 0 Å². The molecule has 1 saturated heterocycles. The Morgan fingerprint density at radius 2 is 1.92 bits per heavy atom. The summed E-state index contributed by atoms with van der Waals surface area (Å²) in [6.07, 6.45) is 3.85. The molecule has 3 rings (SSSR count). The Morgan fingerprint density at radius 3 is 2.67 bits per heavy atom. The van der Waals surface area contributed by atoms with E-state index in [1.165, 1.54) is 11.1 Å². The number of hydrogen-bond donors (Lipinski definition) is 1. The van der Waals surface area contributed by atoms with Crippen molar-refractivity contribution in [3.63, 3.8) is 0 Å². The lowest BCUT2D eigenvalue weighted by Gasteiger charge is -2.30. The summed E-state index contributed by atoms with van der Waals surface area (Å²) < 4.78 is 0. The van der Waals surface area contributed by atoms with Crippen LogP contribution in [-0.4, -0.2) is 28.9 Å². The molecule has 0 saturated carbocycles. The number of benzene rings is 1. The number of hydrogen-bond acceptors (Lipinski definition) is 3. The zero-order valence-electron chi connectivity index (χ0n) is 14.7. The maximum Gasteiger partial charge on any atom is 0.272 e. The number of rotatable bonds is 3. The quantitative estimate of drug-likeness (QED) is 0.915. The molecule has 1 aromatic heterocycles. The van der Waals surface area contributed by atoms with Crippen LogP contribution in [0.2, 0.25) is 0 Å². The summed E-state index contributed by atoms with van der Waals surface area (Å²) >= 11 is 0. The van der Waals surface area contributed by atoms with Gasteiger partial charge in [0.25, 0.3) is 5.91 Å². The van der Waals surface area contributed by atoms with Crippen molar-refractivity contribution in [2.24, 2.45) is 5.92 Å². The van der Waals surface area contributed by atoms with E-state index in [9.17, 15) is 4.79 Å². The minimum absolute atomic E-state index is 0.0338. The average Bonchev–Trinajstić information content (AvgIpc) is 2.58. The van der Waals surface area contributed by atoms with Crippen molar-refractivity contribution in [3.05, 3.63) is 53.3 Å². The number of piperidine rings is 1. The molecule has 24 heavy (non-hydrogen) atoms. The fraction of sp³-hybridized carbons (Fsp3) is 0.400. The highest BCUT2D eigenvalue weighted by molar-refractivity contribution is 5.93. The number of aromatic nitrogens is 1. The van der Waals surface area contributed by atoms with Crippen LogP contribution in [0.1, 0.15) is 41.4 Å². The zero-order chi connectivity index (χ0) is 17.1. The summed E-state index contributed by atoms with van der Waals surface area (Å²) in [5, 5.41) is 3.41. The average molecular weight is 323 g/mol. The van der Waals surface area contributed by atoms with Gasteiger partial charge in [-0.15, -0.1) is 0 Å². The Labute approximate surface area is 143 Å². The first-order valence-electron chi connectivity index (χ1n) is 8.62. The molecule has 0 unspecified atom stereocenters. The van der Waals surface area contributed by atoms with Crippen molar-refractivity contribution in [2.45, 2.75) is 33.6 Å². The normalized spacial score (nSPS) is 15.4. The van der Waals surface area contributed by atoms with E-state index in [0.717, 1.165) is 37.3 Å². The molecule has 4 nitrogen and oxygen atoms in total. The molecular weight excluding hydrogens is 298 g/mol. The Kier molecular flexibility index (Phi) is 4.84. The number of carbonyl (C=O) groups excluding carboxylic acids is 1. The maximum atomic E-state index is 12.7. The lowest BCUT2D eigenvalue weighted by Crippen LogP contribution is -2.38. The molecule has 1 fully saturated rings. The van der Waals surface area contributed by atoms with Crippen LogP contribution in [0.3, 0.4) is 0 Å². The zero-order valence-corrected chi connectivity index (χ0v) is 14.7. The fourth-order valence-electron chi connectivity index (χ4n) is 3.02. The largest absolute Gasteiger partial charge is 0.355 e. The second-order valence-electron chi connectivity index (χ2n) is 6.85. The van der Waals surface area contributed by atoms with Gasteiger partial charge in [0.05, 0.1) is 0 Å². The van der Waals surface area contributed by atoms with Crippen molar-refractivity contribution in [3.8, 4) is 0 Å². The van der Waals surface area contributed by atoms with Gasteiger partial charge in [0.2, 0.25) is 0 Å². The Balaban J connectivity index is 1.76. The molecule has 0 radical (unpaired) electrons. The molecule has 1 aliphatic rings. The number of likely N-dealkylation sites (tertiary alicyclic amines) is 1. The number of carbonyl (C=O) groups is 1. The first kappa shape index (κ1) is 16.5. The summed E-state index contributed by atoms with van der Waals surface area (Å²) in [6.45, 7) is 8.05. The van der Waals surface area contributed by atoms with E-state index in [-0.39, 0.29) is 5.91 Å². The lowest BCUT2D eigenvalue weighted by atomic mass is 9.99. The number of anilines is 2. The third kappa shape index (κ3) is 3.75. The van der Waals surface area contributed by atoms with Crippen LogP contribution in [0, 0.1) is 19.8 Å². The van der Waals surface area contributed by atoms with Crippen molar-refractivity contribution in [2.75, 3.05) is 18.4 Å². The molecule has 0 aliphatic carbocycles. The molecule has 0 bridgehead atoms. The molecule has 1 aliphatic heterocycles. The maximum absolute atomic E-state index is 12.7. The van der Waals surface area contributed by atoms with Gasteiger partial charge in [-0.05, 0) is 61.9 Å². The topological polar surface area (TPSA) is 45.2 Å². The van der Waals surface area contributed by atoms with Gasteiger partial charge in [0.1, 0.15) is 5.69 Å². The van der Waals surface area contributed by atoms with Crippen LogP contribution in [-0.2, 0) is 0 Å². The Morgan fingerprint density at radius 1 is 1.17 bits per heavy atom. The summed E-state index contributed by atoms with van der Waals surface area (Å²) in [6, 6.07) is 10.1. The van der Waals surface area contributed by atoms with E-state index in [2.05, 4.69) is 49.3 Å². The molecule has 126 valence electrons. The highest BCUT2D eigenvalue weighted by Crippen LogP contribution is 2.23. The molecule has 1 N–H and O–H groups in total. The molecular formula is C20H25N3O. The minimum atomic E-state index is 0.0338. The smallest absolute Gasteiger partial charge is 0.272 e. The monoisotopic (exact) mass is 323 g/mol. The van der Waals surface area contributed by atoms with Gasteiger partial charge in [0.15, 0.2) is 0 Å². The van der Waals surface area contributed by atoms with Gasteiger partial charge < -0.3 is 10.2 Å². The highest BCUT2D eigenvalue weighted by atomic mass is 16.2. The van der Waals surface area contributed by atoms with E-state index in [1.54, 1.807) is 6.20 Å². The predicted molar refractivity (Wildman–Crippen MR) is 97.7 cm³/mol. The van der Waals surface area contributed by atoms with Crippen molar-refractivity contribution in [1.29, 1.82) is 0 Å². The minimum Gasteiger partial charge on any atom is -0.355 e. The fourth-order valence-corrected chi connectivity index (χ4v) is 3.02. The van der Waals surface area contributed by atoms with Crippen LogP contribution in [0.25, 0.3) is 0 Å². The Hall–Kier alpha value is -2.36. The number of nitrogens with one attached hydrogen (secondary N) is 1. The highest BCUT2D eigenvalue weighted by Gasteiger charge is 2.22. The first-order chi connectivity index (χ1) is 11.5. The van der Waals surface area contributed by atoms with Gasteiger partial charge in [-0.1, -0.05) is 19.1 Å². The third-order valence-electron chi connectivity index (χ3n) is 4.72. The number of amides is 1. The predicted octanol–water partition coefficient (Wildman–Crippen LogP) is 4.31. The summed E-state index contributed by atoms with van der Waals surface area (Å²) in [5.41, 5.74) is 4.85. The second kappa shape index (κ2) is 7.04. The summed E-state index contributed by atoms with van der Waals surface area (Å²) in [4.78, 5) is 18.9. The van der Waals surface area contributed by atoms with E-state index < -0.39 is 0 Å². The standard InChI is InChI=1S/C20H25N3O/c1-14-7-10-23(11-8-14)20(24)19-13-17(6-9-21-19)22-18-12-15(2)4-5-16(18)3/h4-6,9,12-14H,7-8,10-11H2,1-3H3,(H,21,22). The molecule has 0 spiro atoms. The van der Waals surface area contributed by atoms with Gasteiger partial charge in [-0.2, -0.15) is 0 Å². The van der Waals surface area contributed by atoms with Crippen molar-refractivity contribution in [1.82, 2.24) is 9.88 Å². The van der Waals surface area contributed by atoms with Gasteiger partial charge in [-0.25, -0.2) is 0 Å². The summed E-state index contributed by atoms with van der Waals surface area (Å²) in [5.74, 6) is 0.741. The second-order valence-corrected chi connectivity index (χ2v) is 6.85. The van der Waals surface area contributed by atoms with Crippen LogP contribution in [0.4, 0.5) is 11.4 Å². The molecule has 4 heteroatoms. The SMILES string of the molecule is Cc1ccc(C)c(Nc2ccnc(C(=O)N3CCC(C)CC3)c2)c1. The van der Waals surface area contributed by atoms with E-state index in [4.69, 9.17) is 0 Å². The molecule has 1 amide bonds. The van der Waals surface area contributed by atoms with Crippen LogP contribution >= 0.6 is 0 Å². The molecule has 2 heterocycles. The number of nitrogens with zero attached hydrogens (tertiary/aromatic N) is 2. The summed E-state index contributed by atoms with van der Waals surface area (Å²) in [7, 11) is 0. The van der Waals surface area contributed by atoms with Gasteiger partial charge >= 0.3 is 0 Å². The Bertz CT molecular complexity index is 733. The van der Waals surface area contributed by atoms with Crippen LogP contribution in [0.15, 0.2) is 36.5 Å². The van der Waals surface area contributed by atoms with Gasteiger partial charge in [-0.3, -0.25) is 9.78 Å². The van der Waals surface area contributed by atoms with Crippen molar-refractivity contribution >= 4 is 17.3 Å². The van der Waals surface area contributed by atoms with E-state index in [0.29, 0.717) is 11.6 Å². The molecule has 2 aromatic rings. The number of aryl methyl sites for hydroxylation is 2. The number of pyridine rings is 1.